The van der Waals surface area contributed by atoms with Gasteiger partial charge < -0.3 is 19.9 Å². The Hall–Kier alpha value is -1.59. The van der Waals surface area contributed by atoms with E-state index >= 15 is 0 Å². The lowest BCUT2D eigenvalue weighted by Gasteiger charge is -2.13. The third kappa shape index (κ3) is 5.72. The average molecular weight is 267 g/mol. The minimum absolute atomic E-state index is 0.0843. The molecule has 106 valence electrons. The van der Waals surface area contributed by atoms with Crippen molar-refractivity contribution in [1.29, 1.82) is 0 Å². The second-order valence-electron chi connectivity index (χ2n) is 4.19. The number of benzene rings is 1. The second kappa shape index (κ2) is 8.50. The van der Waals surface area contributed by atoms with E-state index in [4.69, 9.17) is 9.47 Å². The first kappa shape index (κ1) is 15.5. The molecule has 0 bridgehead atoms. The largest absolute Gasteiger partial charge is 0.497 e. The molecule has 5 heteroatoms. The van der Waals surface area contributed by atoms with Crippen LogP contribution in [0.5, 0.6) is 5.75 Å². The Balaban J connectivity index is 2.37. The van der Waals surface area contributed by atoms with E-state index in [1.165, 1.54) is 0 Å². The maximum absolute atomic E-state index is 11.5. The quantitative estimate of drug-likeness (QED) is 0.696. The van der Waals surface area contributed by atoms with Gasteiger partial charge in [0.05, 0.1) is 13.2 Å². The molecule has 0 heterocycles. The van der Waals surface area contributed by atoms with Gasteiger partial charge in [0.1, 0.15) is 5.75 Å². The predicted octanol–water partition coefficient (Wildman–Crippen LogP) is 1.27. The molecule has 0 aliphatic rings. The van der Waals surface area contributed by atoms with Gasteiger partial charge in [0.25, 0.3) is 0 Å². The van der Waals surface area contributed by atoms with E-state index in [1.54, 1.807) is 38.5 Å². The standard InChI is InChI=1S/C14H21NO4/c1-18-8-4-7-14(17)15-10-13(16)11-5-3-6-12(9-11)19-2/h3,5-6,9,13,16H,4,7-8,10H2,1-2H3,(H,15,17). The van der Waals surface area contributed by atoms with E-state index in [2.05, 4.69) is 5.32 Å². The fraction of sp³-hybridized carbons (Fsp3) is 0.500. The number of amides is 1. The van der Waals surface area contributed by atoms with Crippen molar-refractivity contribution in [2.45, 2.75) is 18.9 Å². The van der Waals surface area contributed by atoms with Crippen LogP contribution in [-0.2, 0) is 9.53 Å². The molecule has 1 rings (SSSR count). The maximum atomic E-state index is 11.5. The first-order valence-electron chi connectivity index (χ1n) is 6.25. The molecule has 1 atom stereocenters. The lowest BCUT2D eigenvalue weighted by molar-refractivity contribution is -0.121. The molecule has 0 saturated carbocycles. The Kier molecular flexibility index (Phi) is 6.92. The van der Waals surface area contributed by atoms with Gasteiger partial charge in [-0.3, -0.25) is 4.79 Å². The summed E-state index contributed by atoms with van der Waals surface area (Å²) in [4.78, 5) is 11.5. The molecular weight excluding hydrogens is 246 g/mol. The van der Waals surface area contributed by atoms with Crippen molar-refractivity contribution in [3.05, 3.63) is 29.8 Å². The van der Waals surface area contributed by atoms with Crippen molar-refractivity contribution < 1.29 is 19.4 Å². The Morgan fingerprint density at radius 1 is 1.42 bits per heavy atom. The Bertz CT molecular complexity index is 395. The summed E-state index contributed by atoms with van der Waals surface area (Å²) in [7, 11) is 3.17. The number of nitrogens with one attached hydrogen (secondary N) is 1. The third-order valence-corrected chi connectivity index (χ3v) is 2.72. The number of aliphatic hydroxyl groups excluding tert-OH is 1. The topological polar surface area (TPSA) is 67.8 Å². The normalized spacial score (nSPS) is 11.9. The van der Waals surface area contributed by atoms with Gasteiger partial charge in [-0.1, -0.05) is 12.1 Å². The smallest absolute Gasteiger partial charge is 0.220 e. The van der Waals surface area contributed by atoms with Crippen LogP contribution < -0.4 is 10.1 Å². The first-order chi connectivity index (χ1) is 9.17. The number of hydrogen-bond donors (Lipinski definition) is 2. The summed E-state index contributed by atoms with van der Waals surface area (Å²) < 4.78 is 9.95. The lowest BCUT2D eigenvalue weighted by Crippen LogP contribution is -2.28. The molecule has 0 radical (unpaired) electrons. The van der Waals surface area contributed by atoms with Crippen molar-refractivity contribution in [3.63, 3.8) is 0 Å². The van der Waals surface area contributed by atoms with Gasteiger partial charge in [-0.15, -0.1) is 0 Å². The number of carbonyl (C=O) groups is 1. The van der Waals surface area contributed by atoms with Gasteiger partial charge >= 0.3 is 0 Å². The van der Waals surface area contributed by atoms with E-state index in [0.717, 1.165) is 5.56 Å². The number of aliphatic hydroxyl groups is 1. The van der Waals surface area contributed by atoms with Crippen LogP contribution in [0.25, 0.3) is 0 Å². The number of carbonyl (C=O) groups excluding carboxylic acids is 1. The van der Waals surface area contributed by atoms with Crippen LogP contribution in [0, 0.1) is 0 Å². The molecule has 0 spiro atoms. The van der Waals surface area contributed by atoms with E-state index in [-0.39, 0.29) is 12.5 Å². The molecule has 0 aliphatic carbocycles. The molecule has 1 aromatic carbocycles. The van der Waals surface area contributed by atoms with Gasteiger partial charge in [-0.05, 0) is 24.1 Å². The van der Waals surface area contributed by atoms with Crippen LogP contribution in [-0.4, -0.2) is 38.4 Å². The Labute approximate surface area is 113 Å². The van der Waals surface area contributed by atoms with E-state index in [9.17, 15) is 9.90 Å². The minimum Gasteiger partial charge on any atom is -0.497 e. The fourth-order valence-corrected chi connectivity index (χ4v) is 1.64. The molecule has 0 aromatic heterocycles. The third-order valence-electron chi connectivity index (χ3n) is 2.72. The zero-order chi connectivity index (χ0) is 14.1. The van der Waals surface area contributed by atoms with Crippen molar-refractivity contribution in [1.82, 2.24) is 5.32 Å². The number of rotatable bonds is 8. The van der Waals surface area contributed by atoms with Crippen LogP contribution in [0.3, 0.4) is 0 Å². The predicted molar refractivity (Wildman–Crippen MR) is 72.1 cm³/mol. The lowest BCUT2D eigenvalue weighted by atomic mass is 10.1. The van der Waals surface area contributed by atoms with Gasteiger partial charge in [0, 0.05) is 26.7 Å². The van der Waals surface area contributed by atoms with Gasteiger partial charge in [-0.2, -0.15) is 0 Å². The molecule has 5 nitrogen and oxygen atoms in total. The second-order valence-corrected chi connectivity index (χ2v) is 4.19. The highest BCUT2D eigenvalue weighted by atomic mass is 16.5. The fourth-order valence-electron chi connectivity index (χ4n) is 1.64. The summed E-state index contributed by atoms with van der Waals surface area (Å²) >= 11 is 0. The minimum atomic E-state index is -0.735. The van der Waals surface area contributed by atoms with Crippen LogP contribution in [0.2, 0.25) is 0 Å². The van der Waals surface area contributed by atoms with Gasteiger partial charge in [0.2, 0.25) is 5.91 Å². The highest BCUT2D eigenvalue weighted by Crippen LogP contribution is 2.18. The molecule has 0 saturated heterocycles. The summed E-state index contributed by atoms with van der Waals surface area (Å²) in [6.07, 6.45) is 0.345. The van der Waals surface area contributed by atoms with Crippen LogP contribution in [0.4, 0.5) is 0 Å². The van der Waals surface area contributed by atoms with Crippen molar-refractivity contribution in [3.8, 4) is 5.75 Å². The monoisotopic (exact) mass is 267 g/mol. The van der Waals surface area contributed by atoms with Crippen LogP contribution in [0.15, 0.2) is 24.3 Å². The summed E-state index contributed by atoms with van der Waals surface area (Å²) in [5.74, 6) is 0.599. The molecule has 1 amide bonds. The van der Waals surface area contributed by atoms with E-state index in [1.807, 2.05) is 0 Å². The van der Waals surface area contributed by atoms with Crippen molar-refractivity contribution >= 4 is 5.91 Å². The van der Waals surface area contributed by atoms with Crippen molar-refractivity contribution in [2.75, 3.05) is 27.4 Å². The Morgan fingerprint density at radius 3 is 2.89 bits per heavy atom. The number of ether oxygens (including phenoxy) is 2. The van der Waals surface area contributed by atoms with E-state index < -0.39 is 6.10 Å². The van der Waals surface area contributed by atoms with Crippen LogP contribution >= 0.6 is 0 Å². The summed E-state index contributed by atoms with van der Waals surface area (Å²) in [5.41, 5.74) is 0.719. The summed E-state index contributed by atoms with van der Waals surface area (Å²) in [6, 6.07) is 7.16. The molecule has 1 aromatic rings. The number of hydrogen-bond acceptors (Lipinski definition) is 4. The SMILES string of the molecule is COCCCC(=O)NCC(O)c1cccc(OC)c1. The average Bonchev–Trinajstić information content (AvgIpc) is 2.45. The van der Waals surface area contributed by atoms with Gasteiger partial charge in [0.15, 0.2) is 0 Å². The van der Waals surface area contributed by atoms with E-state index in [0.29, 0.717) is 25.2 Å². The molecule has 0 aliphatic heterocycles. The Morgan fingerprint density at radius 2 is 2.21 bits per heavy atom. The molecular formula is C14H21NO4. The van der Waals surface area contributed by atoms with Crippen molar-refractivity contribution in [2.24, 2.45) is 0 Å². The highest BCUT2D eigenvalue weighted by molar-refractivity contribution is 5.75. The molecule has 19 heavy (non-hydrogen) atoms. The zero-order valence-electron chi connectivity index (χ0n) is 11.4. The summed E-state index contributed by atoms with van der Waals surface area (Å²) in [5, 5.41) is 12.7. The molecule has 0 fully saturated rings. The first-order valence-corrected chi connectivity index (χ1v) is 6.25. The van der Waals surface area contributed by atoms with Gasteiger partial charge in [-0.25, -0.2) is 0 Å². The molecule has 1 unspecified atom stereocenters. The van der Waals surface area contributed by atoms with Crippen LogP contribution in [0.1, 0.15) is 24.5 Å². The molecule has 2 N–H and O–H groups in total. The number of methoxy groups -OCH3 is 2. The zero-order valence-corrected chi connectivity index (χ0v) is 11.4. The maximum Gasteiger partial charge on any atom is 0.220 e. The summed E-state index contributed by atoms with van der Waals surface area (Å²) in [6.45, 7) is 0.755. The highest BCUT2D eigenvalue weighted by Gasteiger charge is 2.10.